The van der Waals surface area contributed by atoms with Crippen LogP contribution in [0.1, 0.15) is 46.0 Å². The summed E-state index contributed by atoms with van der Waals surface area (Å²) in [5.41, 5.74) is 5.74. The quantitative estimate of drug-likeness (QED) is 0.783. The predicted octanol–water partition coefficient (Wildman–Crippen LogP) is 2.87. The van der Waals surface area contributed by atoms with Crippen molar-refractivity contribution in [2.24, 2.45) is 11.7 Å². The van der Waals surface area contributed by atoms with Crippen molar-refractivity contribution < 1.29 is 8.78 Å². The molecule has 0 amide bonds. The molecule has 102 valence electrons. The second-order valence-corrected chi connectivity index (χ2v) is 5.45. The highest BCUT2D eigenvalue weighted by molar-refractivity contribution is 4.95. The molecule has 0 aromatic heterocycles. The Balaban J connectivity index is 2.72. The van der Waals surface area contributed by atoms with Gasteiger partial charge in [0.15, 0.2) is 0 Å². The summed E-state index contributed by atoms with van der Waals surface area (Å²) >= 11 is 0. The fourth-order valence-electron chi connectivity index (χ4n) is 2.91. The lowest BCUT2D eigenvalue weighted by Crippen LogP contribution is -2.57. The van der Waals surface area contributed by atoms with Gasteiger partial charge in [-0.25, -0.2) is 8.78 Å². The molecule has 2 N–H and O–H groups in total. The summed E-state index contributed by atoms with van der Waals surface area (Å²) in [6.45, 7) is 5.38. The minimum Gasteiger partial charge on any atom is -0.329 e. The number of halogens is 2. The van der Waals surface area contributed by atoms with Gasteiger partial charge >= 0.3 is 0 Å². The van der Waals surface area contributed by atoms with Crippen molar-refractivity contribution in [2.75, 3.05) is 19.6 Å². The van der Waals surface area contributed by atoms with E-state index in [4.69, 9.17) is 5.73 Å². The first-order valence-electron chi connectivity index (χ1n) is 6.77. The van der Waals surface area contributed by atoms with E-state index in [9.17, 15) is 8.78 Å². The molecule has 0 radical (unpaired) electrons. The van der Waals surface area contributed by atoms with Gasteiger partial charge in [0.2, 0.25) is 0 Å². The molecule has 17 heavy (non-hydrogen) atoms. The van der Waals surface area contributed by atoms with Crippen LogP contribution in [0.3, 0.4) is 0 Å². The van der Waals surface area contributed by atoms with Gasteiger partial charge in [0.1, 0.15) is 0 Å². The smallest absolute Gasteiger partial charge is 0.251 e. The third-order valence-corrected chi connectivity index (χ3v) is 4.11. The Labute approximate surface area is 104 Å². The zero-order valence-electron chi connectivity index (χ0n) is 11.1. The molecule has 0 aromatic rings. The maximum Gasteiger partial charge on any atom is 0.251 e. The maximum atomic E-state index is 12.7. The van der Waals surface area contributed by atoms with Gasteiger partial charge in [-0.05, 0) is 44.6 Å². The Morgan fingerprint density at radius 3 is 2.35 bits per heavy atom. The van der Waals surface area contributed by atoms with E-state index in [0.717, 1.165) is 38.6 Å². The molecular weight excluding hydrogens is 222 g/mol. The Morgan fingerprint density at radius 2 is 1.94 bits per heavy atom. The highest BCUT2D eigenvalue weighted by Gasteiger charge is 2.38. The normalized spacial score (nSPS) is 30.2. The minimum atomic E-state index is -2.26. The van der Waals surface area contributed by atoms with E-state index in [1.54, 1.807) is 0 Å². The van der Waals surface area contributed by atoms with Crippen molar-refractivity contribution in [3.05, 3.63) is 0 Å². The summed E-state index contributed by atoms with van der Waals surface area (Å²) in [6, 6.07) is 0. The fourth-order valence-corrected chi connectivity index (χ4v) is 2.91. The number of rotatable bonds is 6. The summed E-state index contributed by atoms with van der Waals surface area (Å²) in [5.74, 6) is 0.713. The molecule has 0 bridgehead atoms. The lowest BCUT2D eigenvalue weighted by molar-refractivity contribution is -0.00387. The largest absolute Gasteiger partial charge is 0.329 e. The summed E-state index contributed by atoms with van der Waals surface area (Å²) in [7, 11) is 0. The first-order chi connectivity index (χ1) is 8.04. The summed E-state index contributed by atoms with van der Waals surface area (Å²) in [4.78, 5) is 1.95. The average Bonchev–Trinajstić information content (AvgIpc) is 2.30. The standard InChI is InChI=1S/C13H26F2N2/c1-3-8-17(9-12(14)15)13(10-16)6-4-11(2)5-7-13/h11-12H,3-10,16H2,1-2H3. The van der Waals surface area contributed by atoms with Gasteiger partial charge in [-0.1, -0.05) is 13.8 Å². The molecule has 0 heterocycles. The van der Waals surface area contributed by atoms with Crippen LogP contribution in [0.5, 0.6) is 0 Å². The van der Waals surface area contributed by atoms with Gasteiger partial charge in [-0.15, -0.1) is 0 Å². The molecule has 1 fully saturated rings. The molecule has 0 saturated heterocycles. The van der Waals surface area contributed by atoms with E-state index in [1.165, 1.54) is 0 Å². The Hall–Kier alpha value is -0.220. The molecule has 0 aromatic carbocycles. The lowest BCUT2D eigenvalue weighted by Gasteiger charge is -2.47. The summed E-state index contributed by atoms with van der Waals surface area (Å²) in [6.07, 6.45) is 2.81. The number of nitrogens with two attached hydrogens (primary N) is 1. The molecular formula is C13H26F2N2. The third kappa shape index (κ3) is 3.88. The number of alkyl halides is 2. The minimum absolute atomic E-state index is 0.126. The molecule has 0 spiro atoms. The molecule has 0 atom stereocenters. The van der Waals surface area contributed by atoms with E-state index in [1.807, 2.05) is 11.8 Å². The van der Waals surface area contributed by atoms with Crippen LogP contribution in [0.2, 0.25) is 0 Å². The van der Waals surface area contributed by atoms with Crippen LogP contribution in [0, 0.1) is 5.92 Å². The van der Waals surface area contributed by atoms with Crippen molar-refractivity contribution in [2.45, 2.75) is 57.9 Å². The topological polar surface area (TPSA) is 29.3 Å². The molecule has 0 unspecified atom stereocenters. The van der Waals surface area contributed by atoms with E-state index in [-0.39, 0.29) is 12.1 Å². The van der Waals surface area contributed by atoms with Crippen molar-refractivity contribution in [3.63, 3.8) is 0 Å². The molecule has 1 aliphatic rings. The van der Waals surface area contributed by atoms with Crippen LogP contribution in [-0.4, -0.2) is 36.5 Å². The second-order valence-electron chi connectivity index (χ2n) is 5.45. The van der Waals surface area contributed by atoms with E-state index in [0.29, 0.717) is 12.5 Å². The van der Waals surface area contributed by atoms with Crippen LogP contribution in [0.25, 0.3) is 0 Å². The van der Waals surface area contributed by atoms with Crippen LogP contribution >= 0.6 is 0 Å². The summed E-state index contributed by atoms with van der Waals surface area (Å²) < 4.78 is 25.3. The fraction of sp³-hybridized carbons (Fsp3) is 1.00. The van der Waals surface area contributed by atoms with E-state index < -0.39 is 6.43 Å². The van der Waals surface area contributed by atoms with Gasteiger partial charge in [0.25, 0.3) is 6.43 Å². The SMILES string of the molecule is CCCN(CC(F)F)C1(CN)CCC(C)CC1. The van der Waals surface area contributed by atoms with Gasteiger partial charge in [-0.3, -0.25) is 4.90 Å². The molecule has 1 saturated carbocycles. The van der Waals surface area contributed by atoms with E-state index in [2.05, 4.69) is 6.92 Å². The highest BCUT2D eigenvalue weighted by Crippen LogP contribution is 2.36. The van der Waals surface area contributed by atoms with Crippen LogP contribution < -0.4 is 5.73 Å². The highest BCUT2D eigenvalue weighted by atomic mass is 19.3. The first-order valence-corrected chi connectivity index (χ1v) is 6.77. The zero-order valence-corrected chi connectivity index (χ0v) is 11.1. The maximum absolute atomic E-state index is 12.7. The van der Waals surface area contributed by atoms with Gasteiger partial charge in [-0.2, -0.15) is 0 Å². The Morgan fingerprint density at radius 1 is 1.35 bits per heavy atom. The van der Waals surface area contributed by atoms with Gasteiger partial charge in [0.05, 0.1) is 6.54 Å². The number of hydrogen-bond acceptors (Lipinski definition) is 2. The lowest BCUT2D eigenvalue weighted by atomic mass is 9.76. The van der Waals surface area contributed by atoms with Crippen LogP contribution in [0.15, 0.2) is 0 Å². The van der Waals surface area contributed by atoms with Crippen molar-refractivity contribution in [1.29, 1.82) is 0 Å². The predicted molar refractivity (Wildman–Crippen MR) is 67.3 cm³/mol. The Kier molecular flexibility index (Phi) is 5.80. The van der Waals surface area contributed by atoms with Crippen LogP contribution in [0.4, 0.5) is 8.78 Å². The van der Waals surface area contributed by atoms with Crippen molar-refractivity contribution in [3.8, 4) is 0 Å². The molecule has 0 aliphatic heterocycles. The molecule has 4 heteroatoms. The van der Waals surface area contributed by atoms with E-state index >= 15 is 0 Å². The second kappa shape index (κ2) is 6.64. The van der Waals surface area contributed by atoms with Crippen LogP contribution in [-0.2, 0) is 0 Å². The zero-order chi connectivity index (χ0) is 12.9. The summed E-state index contributed by atoms with van der Waals surface area (Å²) in [5, 5.41) is 0. The average molecular weight is 248 g/mol. The first kappa shape index (κ1) is 14.8. The van der Waals surface area contributed by atoms with Gasteiger partial charge < -0.3 is 5.73 Å². The molecule has 1 rings (SSSR count). The number of nitrogens with zero attached hydrogens (tertiary/aromatic N) is 1. The van der Waals surface area contributed by atoms with Crippen molar-refractivity contribution in [1.82, 2.24) is 4.90 Å². The monoisotopic (exact) mass is 248 g/mol. The third-order valence-electron chi connectivity index (χ3n) is 4.11. The number of hydrogen-bond donors (Lipinski definition) is 1. The Bertz CT molecular complexity index is 213. The molecule has 2 nitrogen and oxygen atoms in total. The van der Waals surface area contributed by atoms with Crippen molar-refractivity contribution >= 4 is 0 Å². The van der Waals surface area contributed by atoms with Gasteiger partial charge in [0, 0.05) is 12.1 Å². The molecule has 1 aliphatic carbocycles.